The molecule has 304 valence electrons. The maximum Gasteiger partial charge on any atom is 0.317 e. The number of esters is 2. The van der Waals surface area contributed by atoms with Crippen LogP contribution in [-0.4, -0.2) is 116 Å². The Kier molecular flexibility index (Phi) is 9.39. The Morgan fingerprint density at radius 2 is 1.76 bits per heavy atom. The third-order valence-electron chi connectivity index (χ3n) is 15.8. The highest BCUT2D eigenvalue weighted by Crippen LogP contribution is 2.88. The van der Waals surface area contributed by atoms with Gasteiger partial charge in [0, 0.05) is 18.3 Å². The zero-order valence-electron chi connectivity index (χ0n) is 32.7. The first-order chi connectivity index (χ1) is 24.9. The number of hydrogen-bond donors (Lipinski definition) is 6. The Hall–Kier alpha value is -2.17. The van der Waals surface area contributed by atoms with Crippen LogP contribution in [0.25, 0.3) is 0 Å². The van der Waals surface area contributed by atoms with Crippen LogP contribution in [-0.2, 0) is 38.1 Å². The van der Waals surface area contributed by atoms with E-state index in [1.165, 1.54) is 12.5 Å². The molecule has 0 unspecified atom stereocenters. The fraction of sp³-hybridized carbons (Fsp3) is 0.875. The number of aliphatic hydroxyl groups excluding tert-OH is 3. The van der Waals surface area contributed by atoms with Crippen LogP contribution in [0, 0.1) is 44.8 Å². The lowest BCUT2D eigenvalue weighted by molar-refractivity contribution is -0.341. The standard InChI is InChI=1S/C40H60O14/c1-19-15-22(31(35(5,6)48)51-20(2)41)54-40(49)30(19)36(7)13-14-39-18-38(39)12-11-25(34(3,4)23(38)9-10-24(39)37(36,8)33(40)47)52-32-29(28(46)21(42)17-50-32)53-27(45)16-26(43)44/h10,19,21-23,25,28-33,42,46-49H,9,11-18H2,1-8H3,(H,43,44)/t19-,21-,22-,23+,25+,28+,29-,30-,31-,32+,33-,36-,37-,38-,39+,40-/m1/s1. The predicted octanol–water partition coefficient (Wildman–Crippen LogP) is 2.59. The van der Waals surface area contributed by atoms with Gasteiger partial charge < -0.3 is 54.3 Å². The quantitative estimate of drug-likeness (QED) is 0.119. The third-order valence-corrected chi connectivity index (χ3v) is 15.8. The van der Waals surface area contributed by atoms with Crippen LogP contribution < -0.4 is 0 Å². The minimum absolute atomic E-state index is 0.0896. The van der Waals surface area contributed by atoms with Gasteiger partial charge in [0.15, 0.2) is 24.3 Å². The topological polar surface area (TPSA) is 219 Å². The summed E-state index contributed by atoms with van der Waals surface area (Å²) in [5.74, 6) is -5.37. The normalized spacial score (nSPS) is 49.5. The van der Waals surface area contributed by atoms with Gasteiger partial charge in [-0.15, -0.1) is 0 Å². The second-order valence-corrected chi connectivity index (χ2v) is 19.4. The van der Waals surface area contributed by atoms with E-state index in [1.54, 1.807) is 13.8 Å². The number of ether oxygens (including phenoxy) is 5. The van der Waals surface area contributed by atoms with Crippen molar-refractivity contribution in [1.29, 1.82) is 0 Å². The first-order valence-electron chi connectivity index (χ1n) is 19.6. The summed E-state index contributed by atoms with van der Waals surface area (Å²) in [6.07, 6.45) is -2.53. The molecule has 2 saturated heterocycles. The number of carboxylic acid groups (broad SMARTS) is 1. The average molecular weight is 765 g/mol. The van der Waals surface area contributed by atoms with Gasteiger partial charge in [-0.05, 0) is 92.3 Å². The van der Waals surface area contributed by atoms with Crippen molar-refractivity contribution in [1.82, 2.24) is 0 Å². The molecule has 5 aliphatic carbocycles. The molecule has 2 aliphatic heterocycles. The van der Waals surface area contributed by atoms with Crippen molar-refractivity contribution in [2.45, 2.75) is 167 Å². The van der Waals surface area contributed by atoms with Crippen LogP contribution in [0.5, 0.6) is 0 Å². The van der Waals surface area contributed by atoms with E-state index in [-0.39, 0.29) is 35.4 Å². The largest absolute Gasteiger partial charge is 0.481 e. The first-order valence-corrected chi connectivity index (χ1v) is 19.6. The Balaban J connectivity index is 1.17. The molecular weight excluding hydrogens is 704 g/mol. The molecular formula is C40H60O14. The summed E-state index contributed by atoms with van der Waals surface area (Å²) in [6, 6.07) is 0. The summed E-state index contributed by atoms with van der Waals surface area (Å²) in [7, 11) is 0. The molecule has 7 rings (SSSR count). The lowest BCUT2D eigenvalue weighted by Crippen LogP contribution is -2.61. The average Bonchev–Trinajstić information content (AvgIpc) is 3.69. The monoisotopic (exact) mass is 764 g/mol. The molecule has 4 saturated carbocycles. The molecule has 14 heteroatoms. The molecule has 0 aromatic heterocycles. The molecule has 16 atom stereocenters. The third kappa shape index (κ3) is 5.44. The van der Waals surface area contributed by atoms with Gasteiger partial charge in [0.25, 0.3) is 0 Å². The Bertz CT molecular complexity index is 1590. The van der Waals surface area contributed by atoms with Crippen LogP contribution in [0.4, 0.5) is 0 Å². The molecule has 6 fully saturated rings. The number of aliphatic hydroxyl groups is 5. The minimum atomic E-state index is -1.95. The highest BCUT2D eigenvalue weighted by atomic mass is 16.7. The molecule has 0 amide bonds. The Labute approximate surface area is 316 Å². The zero-order chi connectivity index (χ0) is 39.8. The van der Waals surface area contributed by atoms with Crippen LogP contribution in [0.3, 0.4) is 0 Å². The summed E-state index contributed by atoms with van der Waals surface area (Å²) in [5.41, 5.74) is -2.38. The molecule has 14 nitrogen and oxygen atoms in total. The van der Waals surface area contributed by atoms with E-state index >= 15 is 0 Å². The van der Waals surface area contributed by atoms with Crippen molar-refractivity contribution in [2.75, 3.05) is 6.61 Å². The summed E-state index contributed by atoms with van der Waals surface area (Å²) in [6.45, 7) is 14.7. The zero-order valence-corrected chi connectivity index (χ0v) is 32.7. The summed E-state index contributed by atoms with van der Waals surface area (Å²) in [5, 5.41) is 66.3. The number of fused-ring (bicyclic) bond motifs is 4. The van der Waals surface area contributed by atoms with Gasteiger partial charge in [-0.2, -0.15) is 0 Å². The summed E-state index contributed by atoms with van der Waals surface area (Å²) < 4.78 is 29.7. The summed E-state index contributed by atoms with van der Waals surface area (Å²) in [4.78, 5) is 35.6. The molecule has 54 heavy (non-hydrogen) atoms. The van der Waals surface area contributed by atoms with Crippen molar-refractivity contribution in [3.63, 3.8) is 0 Å². The molecule has 2 spiro atoms. The van der Waals surface area contributed by atoms with Gasteiger partial charge in [0.2, 0.25) is 0 Å². The Morgan fingerprint density at radius 3 is 2.39 bits per heavy atom. The number of rotatable bonds is 8. The SMILES string of the molecule is CC(=O)O[C@H]([C@H]1C[C@@H](C)[C@H]2[C@@](O)(O1)[C@H](O)[C@@]1(C)C3=CC[C@H]4C(C)(C)[C@@H](O[C@@H]5OC[C@@H](O)[C@H](O)[C@H]5OC(=O)CC(=O)O)CC[C@@]45C[C@@]35CC[C@]21C)C(C)(C)O. The van der Waals surface area contributed by atoms with E-state index < -0.39 is 101 Å². The van der Waals surface area contributed by atoms with E-state index in [0.717, 1.165) is 25.7 Å². The maximum atomic E-state index is 12.6. The number of allylic oxidation sites excluding steroid dienone is 1. The molecule has 0 aromatic rings. The van der Waals surface area contributed by atoms with Gasteiger partial charge in [0.1, 0.15) is 30.8 Å². The van der Waals surface area contributed by atoms with Crippen LogP contribution in [0.1, 0.15) is 107 Å². The van der Waals surface area contributed by atoms with Crippen LogP contribution >= 0.6 is 0 Å². The molecule has 0 bridgehead atoms. The highest BCUT2D eigenvalue weighted by Gasteiger charge is 2.85. The van der Waals surface area contributed by atoms with Gasteiger partial charge in [-0.1, -0.05) is 46.3 Å². The molecule has 0 radical (unpaired) electrons. The Morgan fingerprint density at radius 1 is 1.07 bits per heavy atom. The van der Waals surface area contributed by atoms with Gasteiger partial charge in [0.05, 0.1) is 18.3 Å². The minimum Gasteiger partial charge on any atom is -0.481 e. The summed E-state index contributed by atoms with van der Waals surface area (Å²) >= 11 is 0. The molecule has 0 aromatic carbocycles. The van der Waals surface area contributed by atoms with Crippen molar-refractivity contribution in [3.8, 4) is 0 Å². The number of carboxylic acids is 1. The fourth-order valence-corrected chi connectivity index (χ4v) is 13.4. The van der Waals surface area contributed by atoms with Crippen LogP contribution in [0.2, 0.25) is 0 Å². The second kappa shape index (κ2) is 12.7. The van der Waals surface area contributed by atoms with Crippen molar-refractivity contribution >= 4 is 17.9 Å². The molecule has 6 N–H and O–H groups in total. The van der Waals surface area contributed by atoms with E-state index in [0.29, 0.717) is 19.3 Å². The lowest BCUT2D eigenvalue weighted by Gasteiger charge is -2.60. The maximum absolute atomic E-state index is 12.6. The number of carbonyl (C=O) groups is 3. The van der Waals surface area contributed by atoms with Gasteiger partial charge >= 0.3 is 17.9 Å². The predicted molar refractivity (Wildman–Crippen MR) is 188 cm³/mol. The van der Waals surface area contributed by atoms with Crippen LogP contribution in [0.15, 0.2) is 11.6 Å². The fourth-order valence-electron chi connectivity index (χ4n) is 13.4. The first kappa shape index (κ1) is 40.0. The smallest absolute Gasteiger partial charge is 0.317 e. The number of carbonyl (C=O) groups excluding carboxylic acids is 2. The number of aliphatic carboxylic acids is 1. The highest BCUT2D eigenvalue weighted by molar-refractivity contribution is 5.90. The van der Waals surface area contributed by atoms with E-state index in [9.17, 15) is 39.9 Å². The lowest BCUT2D eigenvalue weighted by atomic mass is 9.44. The number of hydrogen-bond acceptors (Lipinski definition) is 13. The van der Waals surface area contributed by atoms with E-state index in [1.807, 2.05) is 0 Å². The molecule has 7 aliphatic rings. The molecule has 2 heterocycles. The van der Waals surface area contributed by atoms with Crippen molar-refractivity contribution in [3.05, 3.63) is 11.6 Å². The van der Waals surface area contributed by atoms with E-state index in [4.69, 9.17) is 28.8 Å². The van der Waals surface area contributed by atoms with Gasteiger partial charge in [-0.3, -0.25) is 14.4 Å². The van der Waals surface area contributed by atoms with Gasteiger partial charge in [-0.25, -0.2) is 0 Å². The van der Waals surface area contributed by atoms with Crippen molar-refractivity contribution < 1.29 is 68.7 Å². The second-order valence-electron chi connectivity index (χ2n) is 19.4. The van der Waals surface area contributed by atoms with E-state index in [2.05, 4.69) is 40.7 Å². The van der Waals surface area contributed by atoms with Crippen molar-refractivity contribution in [2.24, 2.45) is 44.8 Å².